The van der Waals surface area contributed by atoms with Gasteiger partial charge in [0.25, 0.3) is 5.91 Å². The molecule has 2 aromatic rings. The highest BCUT2D eigenvalue weighted by atomic mass is 32.1. The van der Waals surface area contributed by atoms with E-state index in [1.54, 1.807) is 0 Å². The molecule has 156 valence electrons. The molecule has 2 aliphatic carbocycles. The minimum absolute atomic E-state index is 0.202. The number of benzene rings is 1. The number of allylic oxidation sites excluding steroid dienone is 2. The molecule has 2 amide bonds. The van der Waals surface area contributed by atoms with Crippen molar-refractivity contribution in [2.45, 2.75) is 38.6 Å². The van der Waals surface area contributed by atoms with Gasteiger partial charge in [0.05, 0.1) is 17.4 Å². The monoisotopic (exact) mass is 424 g/mol. The number of fused-ring (bicyclic) bond motifs is 1. The van der Waals surface area contributed by atoms with Crippen LogP contribution in [-0.4, -0.2) is 22.9 Å². The summed E-state index contributed by atoms with van der Waals surface area (Å²) in [5, 5.41) is 15.9. The normalized spacial score (nSPS) is 19.9. The van der Waals surface area contributed by atoms with E-state index in [2.05, 4.69) is 10.6 Å². The first kappa shape index (κ1) is 20.3. The van der Waals surface area contributed by atoms with Gasteiger partial charge in [-0.05, 0) is 43.2 Å². The van der Waals surface area contributed by atoms with Gasteiger partial charge in [-0.2, -0.15) is 0 Å². The average Bonchev–Trinajstić information content (AvgIpc) is 3.33. The highest BCUT2D eigenvalue weighted by Gasteiger charge is 2.35. The van der Waals surface area contributed by atoms with Gasteiger partial charge in [-0.3, -0.25) is 14.4 Å². The number of carbonyl (C=O) groups is 3. The largest absolute Gasteiger partial charge is 0.481 e. The Morgan fingerprint density at radius 2 is 1.77 bits per heavy atom. The van der Waals surface area contributed by atoms with Crippen LogP contribution in [0.1, 0.15) is 45.6 Å². The number of hydrogen-bond donors (Lipinski definition) is 3. The van der Waals surface area contributed by atoms with Crippen LogP contribution < -0.4 is 10.6 Å². The van der Waals surface area contributed by atoms with Crippen LogP contribution in [0.5, 0.6) is 0 Å². The van der Waals surface area contributed by atoms with Gasteiger partial charge < -0.3 is 15.7 Å². The summed E-state index contributed by atoms with van der Waals surface area (Å²) in [5.74, 6) is -2.87. The molecule has 0 unspecified atom stereocenters. The summed E-state index contributed by atoms with van der Waals surface area (Å²) < 4.78 is 0. The Hall–Kier alpha value is -2.93. The number of carboxylic acids is 1. The highest BCUT2D eigenvalue weighted by Crippen LogP contribution is 2.40. The maximum absolute atomic E-state index is 13.0. The highest BCUT2D eigenvalue weighted by molar-refractivity contribution is 7.17. The van der Waals surface area contributed by atoms with Gasteiger partial charge in [0.2, 0.25) is 5.91 Å². The molecule has 0 saturated heterocycles. The van der Waals surface area contributed by atoms with E-state index < -0.39 is 17.8 Å². The van der Waals surface area contributed by atoms with Crippen LogP contribution >= 0.6 is 11.3 Å². The van der Waals surface area contributed by atoms with E-state index in [4.69, 9.17) is 0 Å². The van der Waals surface area contributed by atoms with Crippen molar-refractivity contribution >= 4 is 34.1 Å². The van der Waals surface area contributed by atoms with Gasteiger partial charge in [-0.25, -0.2) is 0 Å². The zero-order valence-corrected chi connectivity index (χ0v) is 17.3. The third-order valence-electron chi connectivity index (χ3n) is 5.77. The van der Waals surface area contributed by atoms with Gasteiger partial charge in [-0.1, -0.05) is 42.5 Å². The van der Waals surface area contributed by atoms with Crippen LogP contribution in [0.2, 0.25) is 0 Å². The van der Waals surface area contributed by atoms with Crippen molar-refractivity contribution in [1.29, 1.82) is 0 Å². The van der Waals surface area contributed by atoms with Gasteiger partial charge in [0.15, 0.2) is 0 Å². The van der Waals surface area contributed by atoms with Crippen molar-refractivity contribution in [2.24, 2.45) is 11.8 Å². The summed E-state index contributed by atoms with van der Waals surface area (Å²) >= 11 is 1.44. The Labute approximate surface area is 179 Å². The van der Waals surface area contributed by atoms with Crippen molar-refractivity contribution in [3.8, 4) is 0 Å². The van der Waals surface area contributed by atoms with E-state index in [1.807, 2.05) is 42.5 Å². The summed E-state index contributed by atoms with van der Waals surface area (Å²) in [4.78, 5) is 38.6. The molecule has 7 heteroatoms. The molecule has 3 N–H and O–H groups in total. The van der Waals surface area contributed by atoms with Crippen LogP contribution in [0, 0.1) is 11.8 Å². The Morgan fingerprint density at radius 1 is 1.03 bits per heavy atom. The molecular formula is C23H24N2O4S. The lowest BCUT2D eigenvalue weighted by Crippen LogP contribution is -2.35. The number of nitrogens with one attached hydrogen (secondary N) is 2. The first-order valence-electron chi connectivity index (χ1n) is 10.2. The van der Waals surface area contributed by atoms with Crippen LogP contribution in [0.25, 0.3) is 0 Å². The lowest BCUT2D eigenvalue weighted by Gasteiger charge is -2.24. The summed E-state index contributed by atoms with van der Waals surface area (Å²) in [5.41, 5.74) is 2.55. The molecule has 1 aromatic heterocycles. The Bertz CT molecular complexity index is 996. The number of aliphatic carboxylic acids is 1. The summed E-state index contributed by atoms with van der Waals surface area (Å²) in [6.45, 7) is 0.409. The fourth-order valence-electron chi connectivity index (χ4n) is 4.18. The Morgan fingerprint density at radius 3 is 2.50 bits per heavy atom. The topological polar surface area (TPSA) is 95.5 Å². The number of carboxylic acid groups (broad SMARTS) is 1. The van der Waals surface area contributed by atoms with Crippen LogP contribution in [0.15, 0.2) is 42.5 Å². The molecule has 1 heterocycles. The number of anilines is 1. The standard InChI is InChI=1S/C23H24N2O4S/c26-20(15-9-4-5-10-16(15)23(28)29)25-22-19(17-11-6-12-18(17)30-22)21(27)24-13-14-7-2-1-3-8-14/h1-5,7-8,15-16H,6,9-13H2,(H,24,27)(H,25,26)(H,28,29)/t15-,16+/m1/s1. The first-order chi connectivity index (χ1) is 14.5. The second kappa shape index (κ2) is 8.83. The van der Waals surface area contributed by atoms with E-state index in [1.165, 1.54) is 11.3 Å². The molecule has 0 saturated carbocycles. The maximum atomic E-state index is 13.0. The third-order valence-corrected chi connectivity index (χ3v) is 6.97. The van der Waals surface area contributed by atoms with Crippen molar-refractivity contribution in [1.82, 2.24) is 5.32 Å². The van der Waals surface area contributed by atoms with Crippen molar-refractivity contribution in [3.63, 3.8) is 0 Å². The van der Waals surface area contributed by atoms with Gasteiger partial charge in [0.1, 0.15) is 5.00 Å². The molecule has 6 nitrogen and oxygen atoms in total. The van der Waals surface area contributed by atoms with Gasteiger partial charge in [-0.15, -0.1) is 11.3 Å². The third kappa shape index (κ3) is 4.16. The van der Waals surface area contributed by atoms with Crippen molar-refractivity contribution < 1.29 is 19.5 Å². The minimum atomic E-state index is -0.964. The van der Waals surface area contributed by atoms with E-state index in [0.29, 0.717) is 30.0 Å². The minimum Gasteiger partial charge on any atom is -0.481 e. The van der Waals surface area contributed by atoms with E-state index in [0.717, 1.165) is 35.3 Å². The quantitative estimate of drug-likeness (QED) is 0.615. The molecule has 0 aliphatic heterocycles. The second-order valence-electron chi connectivity index (χ2n) is 7.71. The fourth-order valence-corrected chi connectivity index (χ4v) is 5.47. The maximum Gasteiger partial charge on any atom is 0.307 e. The molecule has 4 rings (SSSR count). The van der Waals surface area contributed by atoms with Crippen LogP contribution in [0.4, 0.5) is 5.00 Å². The molecule has 1 aromatic carbocycles. The zero-order chi connectivity index (χ0) is 21.1. The number of carbonyl (C=O) groups excluding carboxylic acids is 2. The van der Waals surface area contributed by atoms with E-state index in [9.17, 15) is 19.5 Å². The predicted molar refractivity (Wildman–Crippen MR) is 116 cm³/mol. The number of rotatable bonds is 6. The van der Waals surface area contributed by atoms with Gasteiger partial charge in [0, 0.05) is 11.4 Å². The van der Waals surface area contributed by atoms with Crippen LogP contribution in [-0.2, 0) is 29.0 Å². The van der Waals surface area contributed by atoms with E-state index >= 15 is 0 Å². The molecule has 0 spiro atoms. The zero-order valence-electron chi connectivity index (χ0n) is 16.5. The molecule has 30 heavy (non-hydrogen) atoms. The number of aryl methyl sites for hydroxylation is 1. The first-order valence-corrected chi connectivity index (χ1v) is 11.0. The number of thiophene rings is 1. The van der Waals surface area contributed by atoms with Gasteiger partial charge >= 0.3 is 5.97 Å². The Kier molecular flexibility index (Phi) is 5.99. The smallest absolute Gasteiger partial charge is 0.307 e. The van der Waals surface area contributed by atoms with Crippen molar-refractivity contribution in [2.75, 3.05) is 5.32 Å². The van der Waals surface area contributed by atoms with Crippen LogP contribution in [0.3, 0.4) is 0 Å². The molecule has 2 atom stereocenters. The summed E-state index contributed by atoms with van der Waals surface area (Å²) in [6, 6.07) is 9.67. The number of amides is 2. The summed E-state index contributed by atoms with van der Waals surface area (Å²) in [6.07, 6.45) is 7.12. The predicted octanol–water partition coefficient (Wildman–Crippen LogP) is 3.77. The second-order valence-corrected chi connectivity index (χ2v) is 8.82. The summed E-state index contributed by atoms with van der Waals surface area (Å²) in [7, 11) is 0. The molecule has 0 bridgehead atoms. The van der Waals surface area contributed by atoms with E-state index in [-0.39, 0.29) is 11.8 Å². The van der Waals surface area contributed by atoms with Crippen molar-refractivity contribution in [3.05, 3.63) is 64.1 Å². The molecule has 2 aliphatic rings. The fraction of sp³-hybridized carbons (Fsp3) is 0.348. The number of hydrogen-bond acceptors (Lipinski definition) is 4. The Balaban J connectivity index is 1.54. The average molecular weight is 425 g/mol. The lowest BCUT2D eigenvalue weighted by atomic mass is 9.82. The molecule has 0 radical (unpaired) electrons. The SMILES string of the molecule is O=C(NCc1ccccc1)c1c(NC(=O)[C@@H]2CC=CC[C@@H]2C(=O)O)sc2c1CCC2. The lowest BCUT2D eigenvalue weighted by molar-refractivity contribution is -0.146. The molecular weight excluding hydrogens is 400 g/mol. The molecule has 0 fully saturated rings.